The lowest BCUT2D eigenvalue weighted by Gasteiger charge is -2.20. The molecule has 78 valence electrons. The quantitative estimate of drug-likeness (QED) is 0.693. The van der Waals surface area contributed by atoms with E-state index in [4.69, 9.17) is 5.11 Å². The van der Waals surface area contributed by atoms with Gasteiger partial charge < -0.3 is 10.0 Å². The van der Waals surface area contributed by atoms with Crippen molar-refractivity contribution in [2.75, 3.05) is 6.54 Å². The van der Waals surface area contributed by atoms with E-state index in [1.54, 1.807) is 0 Å². The zero-order valence-electron chi connectivity index (χ0n) is 8.02. The van der Waals surface area contributed by atoms with Gasteiger partial charge in [0.1, 0.15) is 11.8 Å². The minimum atomic E-state index is -0.987. The van der Waals surface area contributed by atoms with Gasteiger partial charge in [0.15, 0.2) is 0 Å². The van der Waals surface area contributed by atoms with Gasteiger partial charge >= 0.3 is 5.97 Å². The Kier molecular flexibility index (Phi) is 3.22. The Morgan fingerprint density at radius 1 is 1.57 bits per heavy atom. The third-order valence-corrected chi connectivity index (χ3v) is 2.32. The topological polar surface area (TPSA) is 74.7 Å². The van der Waals surface area contributed by atoms with Crippen molar-refractivity contribution in [2.45, 2.75) is 32.2 Å². The maximum atomic E-state index is 11.3. The smallest absolute Gasteiger partial charge is 0.326 e. The summed E-state index contributed by atoms with van der Waals surface area (Å²) in [6, 6.07) is -0.734. The fraction of sp³-hybridized carbons (Fsp3) is 0.667. The first-order valence-corrected chi connectivity index (χ1v) is 4.54. The van der Waals surface area contributed by atoms with Crippen LogP contribution in [-0.2, 0) is 14.4 Å². The van der Waals surface area contributed by atoms with Gasteiger partial charge in [-0.1, -0.05) is 0 Å². The molecule has 5 nitrogen and oxygen atoms in total. The van der Waals surface area contributed by atoms with Crippen LogP contribution in [0.4, 0.5) is 0 Å². The Bertz CT molecular complexity index is 274. The summed E-state index contributed by atoms with van der Waals surface area (Å²) in [7, 11) is 0. The highest BCUT2D eigenvalue weighted by molar-refractivity contribution is 5.87. The van der Waals surface area contributed by atoms with E-state index in [2.05, 4.69) is 0 Å². The second kappa shape index (κ2) is 4.21. The van der Waals surface area contributed by atoms with Crippen molar-refractivity contribution in [3.8, 4) is 0 Å². The lowest BCUT2D eigenvalue weighted by atomic mass is 10.2. The van der Waals surface area contributed by atoms with Crippen LogP contribution >= 0.6 is 0 Å². The highest BCUT2D eigenvalue weighted by Crippen LogP contribution is 2.18. The first kappa shape index (κ1) is 10.7. The number of hydrogen-bond acceptors (Lipinski definition) is 3. The Morgan fingerprint density at radius 3 is 2.71 bits per heavy atom. The number of carboxylic acids is 1. The van der Waals surface area contributed by atoms with Gasteiger partial charge in [0, 0.05) is 19.4 Å². The Hall–Kier alpha value is -1.39. The standard InChI is InChI=1S/C9H13NO4/c1-6(11)4-5-10-7(9(13)14)2-3-8(10)12/h7H,2-5H2,1H3,(H,13,14). The van der Waals surface area contributed by atoms with Crippen LogP contribution in [0.5, 0.6) is 0 Å². The second-order valence-electron chi connectivity index (χ2n) is 3.43. The number of carbonyl (C=O) groups excluding carboxylic acids is 2. The average molecular weight is 199 g/mol. The first-order chi connectivity index (χ1) is 6.52. The molecular formula is C9H13NO4. The van der Waals surface area contributed by atoms with Crippen molar-refractivity contribution in [1.29, 1.82) is 0 Å². The number of hydrogen-bond donors (Lipinski definition) is 1. The van der Waals surface area contributed by atoms with E-state index in [9.17, 15) is 14.4 Å². The van der Waals surface area contributed by atoms with Crippen LogP contribution in [0.2, 0.25) is 0 Å². The second-order valence-corrected chi connectivity index (χ2v) is 3.43. The van der Waals surface area contributed by atoms with Crippen LogP contribution in [0.3, 0.4) is 0 Å². The molecule has 1 unspecified atom stereocenters. The number of likely N-dealkylation sites (tertiary alicyclic amines) is 1. The number of rotatable bonds is 4. The van der Waals surface area contributed by atoms with Gasteiger partial charge in [0.2, 0.25) is 5.91 Å². The SMILES string of the molecule is CC(=O)CCN1C(=O)CCC1C(=O)O. The summed E-state index contributed by atoms with van der Waals surface area (Å²) in [5.41, 5.74) is 0. The van der Waals surface area contributed by atoms with E-state index < -0.39 is 12.0 Å². The monoisotopic (exact) mass is 199 g/mol. The molecule has 1 amide bonds. The van der Waals surface area contributed by atoms with Crippen LogP contribution in [0.25, 0.3) is 0 Å². The molecule has 1 rings (SSSR count). The van der Waals surface area contributed by atoms with Crippen LogP contribution in [-0.4, -0.2) is 40.3 Å². The van der Waals surface area contributed by atoms with Crippen molar-refractivity contribution < 1.29 is 19.5 Å². The summed E-state index contributed by atoms with van der Waals surface area (Å²) < 4.78 is 0. The first-order valence-electron chi connectivity index (χ1n) is 4.54. The summed E-state index contributed by atoms with van der Waals surface area (Å²) in [6.07, 6.45) is 0.858. The third-order valence-electron chi connectivity index (χ3n) is 2.32. The molecule has 0 spiro atoms. The summed E-state index contributed by atoms with van der Waals surface area (Å²) in [4.78, 5) is 34.0. The number of Topliss-reactive ketones (excluding diaryl/α,β-unsaturated/α-hetero) is 1. The maximum Gasteiger partial charge on any atom is 0.326 e. The molecule has 1 aliphatic heterocycles. The molecule has 1 saturated heterocycles. The number of amides is 1. The highest BCUT2D eigenvalue weighted by Gasteiger charge is 2.35. The summed E-state index contributed by atoms with van der Waals surface area (Å²) in [5.74, 6) is -1.19. The molecule has 0 saturated carbocycles. The molecule has 5 heteroatoms. The predicted octanol–water partition coefficient (Wildman–Crippen LogP) is 0.0411. The van der Waals surface area contributed by atoms with Crippen LogP contribution in [0, 0.1) is 0 Å². The fourth-order valence-electron chi connectivity index (χ4n) is 1.55. The zero-order chi connectivity index (χ0) is 10.7. The highest BCUT2D eigenvalue weighted by atomic mass is 16.4. The lowest BCUT2D eigenvalue weighted by molar-refractivity contribution is -0.146. The van der Waals surface area contributed by atoms with E-state index in [0.717, 1.165) is 0 Å². The van der Waals surface area contributed by atoms with Crippen LogP contribution in [0.15, 0.2) is 0 Å². The Balaban J connectivity index is 2.58. The summed E-state index contributed by atoms with van der Waals surface area (Å²) in [5, 5.41) is 8.79. The van der Waals surface area contributed by atoms with E-state index in [1.165, 1.54) is 11.8 Å². The molecule has 1 N–H and O–H groups in total. The lowest BCUT2D eigenvalue weighted by Crippen LogP contribution is -2.39. The molecule has 14 heavy (non-hydrogen) atoms. The van der Waals surface area contributed by atoms with Crippen molar-refractivity contribution in [3.63, 3.8) is 0 Å². The molecule has 1 atom stereocenters. The van der Waals surface area contributed by atoms with Crippen molar-refractivity contribution in [3.05, 3.63) is 0 Å². The molecule has 0 bridgehead atoms. The molecule has 0 aromatic rings. The van der Waals surface area contributed by atoms with Gasteiger partial charge in [-0.15, -0.1) is 0 Å². The van der Waals surface area contributed by atoms with E-state index in [0.29, 0.717) is 6.42 Å². The molecule has 0 aromatic heterocycles. The van der Waals surface area contributed by atoms with Gasteiger partial charge in [-0.05, 0) is 13.3 Å². The number of carboxylic acid groups (broad SMARTS) is 1. The van der Waals surface area contributed by atoms with Crippen molar-refractivity contribution in [1.82, 2.24) is 4.90 Å². The van der Waals surface area contributed by atoms with Crippen molar-refractivity contribution in [2.24, 2.45) is 0 Å². The van der Waals surface area contributed by atoms with E-state index in [1.807, 2.05) is 0 Å². The average Bonchev–Trinajstić information content (AvgIpc) is 2.43. The van der Waals surface area contributed by atoms with Crippen LogP contribution < -0.4 is 0 Å². The number of ketones is 1. The van der Waals surface area contributed by atoms with Gasteiger partial charge in [0.25, 0.3) is 0 Å². The molecule has 1 aliphatic rings. The van der Waals surface area contributed by atoms with Gasteiger partial charge in [0.05, 0.1) is 0 Å². The predicted molar refractivity (Wildman–Crippen MR) is 47.7 cm³/mol. The molecular weight excluding hydrogens is 186 g/mol. The molecule has 1 fully saturated rings. The Morgan fingerprint density at radius 2 is 2.21 bits per heavy atom. The molecule has 0 aliphatic carbocycles. The normalized spacial score (nSPS) is 21.4. The van der Waals surface area contributed by atoms with E-state index in [-0.39, 0.29) is 31.1 Å². The van der Waals surface area contributed by atoms with Gasteiger partial charge in [-0.2, -0.15) is 0 Å². The minimum absolute atomic E-state index is 0.0335. The largest absolute Gasteiger partial charge is 0.480 e. The number of nitrogens with zero attached hydrogens (tertiary/aromatic N) is 1. The number of aliphatic carboxylic acids is 1. The fourth-order valence-corrected chi connectivity index (χ4v) is 1.55. The third kappa shape index (κ3) is 2.31. The maximum absolute atomic E-state index is 11.3. The van der Waals surface area contributed by atoms with E-state index >= 15 is 0 Å². The van der Waals surface area contributed by atoms with Gasteiger partial charge in [-0.3, -0.25) is 9.59 Å². The van der Waals surface area contributed by atoms with Gasteiger partial charge in [-0.25, -0.2) is 4.79 Å². The summed E-state index contributed by atoms with van der Waals surface area (Å²) in [6.45, 7) is 1.65. The number of carbonyl (C=O) groups is 3. The minimum Gasteiger partial charge on any atom is -0.480 e. The molecule has 0 aromatic carbocycles. The molecule has 0 radical (unpaired) electrons. The van der Waals surface area contributed by atoms with Crippen molar-refractivity contribution >= 4 is 17.7 Å². The summed E-state index contributed by atoms with van der Waals surface area (Å²) >= 11 is 0. The van der Waals surface area contributed by atoms with Crippen LogP contribution in [0.1, 0.15) is 26.2 Å². The molecule has 1 heterocycles. The zero-order valence-corrected chi connectivity index (χ0v) is 8.02. The Labute approximate surface area is 81.7 Å².